The summed E-state index contributed by atoms with van der Waals surface area (Å²) in [4.78, 5) is 11.5. The van der Waals surface area contributed by atoms with E-state index in [1.807, 2.05) is 37.3 Å². The second-order valence-corrected chi connectivity index (χ2v) is 5.37. The molecular weight excluding hydrogens is 334 g/mol. The highest BCUT2D eigenvalue weighted by Crippen LogP contribution is 2.28. The fourth-order valence-electron chi connectivity index (χ4n) is 1.81. The molecule has 0 bridgehead atoms. The van der Waals surface area contributed by atoms with Crippen molar-refractivity contribution in [3.8, 4) is 17.4 Å². The number of nitriles is 1. The number of esters is 1. The van der Waals surface area contributed by atoms with Gasteiger partial charge in [0.15, 0.2) is 5.76 Å². The SMILES string of the molecule is CCCC(=O)O[C@H](C#N)c1ccc(-c2ccc(Br)cc2)o1. The highest BCUT2D eigenvalue weighted by Gasteiger charge is 2.19. The molecule has 0 aliphatic heterocycles. The predicted molar refractivity (Wildman–Crippen MR) is 81.2 cm³/mol. The van der Waals surface area contributed by atoms with Gasteiger partial charge in [-0.1, -0.05) is 35.0 Å². The Hall–Kier alpha value is -2.06. The fourth-order valence-corrected chi connectivity index (χ4v) is 2.07. The van der Waals surface area contributed by atoms with Gasteiger partial charge in [-0.3, -0.25) is 4.79 Å². The number of halogens is 1. The molecule has 0 unspecified atom stereocenters. The summed E-state index contributed by atoms with van der Waals surface area (Å²) >= 11 is 3.37. The molecule has 0 aliphatic carbocycles. The number of furan rings is 1. The van der Waals surface area contributed by atoms with Crippen molar-refractivity contribution in [1.29, 1.82) is 5.26 Å². The van der Waals surface area contributed by atoms with Gasteiger partial charge in [0.1, 0.15) is 11.8 Å². The molecular formula is C16H14BrNO3. The third-order valence-corrected chi connectivity index (χ3v) is 3.36. The molecule has 0 aliphatic rings. The summed E-state index contributed by atoms with van der Waals surface area (Å²) in [6, 6.07) is 13.0. The first-order valence-electron chi connectivity index (χ1n) is 6.58. The smallest absolute Gasteiger partial charge is 0.307 e. The van der Waals surface area contributed by atoms with Gasteiger partial charge < -0.3 is 9.15 Å². The average Bonchev–Trinajstić information content (AvgIpc) is 2.95. The lowest BCUT2D eigenvalue weighted by molar-refractivity contribution is -0.147. The minimum Gasteiger partial charge on any atom is -0.456 e. The van der Waals surface area contributed by atoms with Crippen molar-refractivity contribution in [1.82, 2.24) is 0 Å². The Morgan fingerprint density at radius 2 is 2.05 bits per heavy atom. The van der Waals surface area contributed by atoms with Crippen molar-refractivity contribution in [2.24, 2.45) is 0 Å². The van der Waals surface area contributed by atoms with E-state index in [1.54, 1.807) is 12.1 Å². The standard InChI is InChI=1S/C16H14BrNO3/c1-2-3-16(19)21-15(10-18)14-9-8-13(20-14)11-4-6-12(17)7-5-11/h4-9,15H,2-3H2,1H3/t15-/m1/s1. The lowest BCUT2D eigenvalue weighted by Crippen LogP contribution is -2.08. The molecule has 1 aromatic carbocycles. The summed E-state index contributed by atoms with van der Waals surface area (Å²) < 4.78 is 11.7. The van der Waals surface area contributed by atoms with Crippen molar-refractivity contribution in [2.45, 2.75) is 25.9 Å². The first-order valence-corrected chi connectivity index (χ1v) is 7.38. The third-order valence-electron chi connectivity index (χ3n) is 2.83. The maximum atomic E-state index is 11.5. The maximum Gasteiger partial charge on any atom is 0.307 e. The first-order chi connectivity index (χ1) is 10.1. The number of carbonyl (C=O) groups excluding carboxylic acids is 1. The van der Waals surface area contributed by atoms with Gasteiger partial charge >= 0.3 is 5.97 Å². The van der Waals surface area contributed by atoms with Crippen LogP contribution in [-0.4, -0.2) is 5.97 Å². The molecule has 0 radical (unpaired) electrons. The molecule has 2 rings (SSSR count). The topological polar surface area (TPSA) is 63.2 Å². The molecule has 0 saturated heterocycles. The highest BCUT2D eigenvalue weighted by atomic mass is 79.9. The van der Waals surface area contributed by atoms with Crippen molar-refractivity contribution in [3.63, 3.8) is 0 Å². The van der Waals surface area contributed by atoms with E-state index < -0.39 is 12.1 Å². The number of ether oxygens (including phenoxy) is 1. The van der Waals surface area contributed by atoms with Gasteiger partial charge in [-0.15, -0.1) is 0 Å². The highest BCUT2D eigenvalue weighted by molar-refractivity contribution is 9.10. The zero-order valence-corrected chi connectivity index (χ0v) is 13.1. The van der Waals surface area contributed by atoms with Gasteiger partial charge in [0.25, 0.3) is 0 Å². The molecule has 0 spiro atoms. The van der Waals surface area contributed by atoms with Crippen molar-refractivity contribution in [2.75, 3.05) is 0 Å². The second-order valence-electron chi connectivity index (χ2n) is 4.46. The van der Waals surface area contributed by atoms with Crippen LogP contribution in [0.3, 0.4) is 0 Å². The number of nitrogens with zero attached hydrogens (tertiary/aromatic N) is 1. The van der Waals surface area contributed by atoms with Gasteiger partial charge in [0.2, 0.25) is 6.10 Å². The lowest BCUT2D eigenvalue weighted by atomic mass is 10.2. The molecule has 2 aromatic rings. The molecule has 0 N–H and O–H groups in total. The Morgan fingerprint density at radius 3 is 2.67 bits per heavy atom. The molecule has 21 heavy (non-hydrogen) atoms. The predicted octanol–water partition coefficient (Wildman–Crippen LogP) is 4.62. The van der Waals surface area contributed by atoms with Crippen LogP contribution in [0.25, 0.3) is 11.3 Å². The van der Waals surface area contributed by atoms with E-state index >= 15 is 0 Å². The minimum absolute atomic E-state index is 0.290. The molecule has 5 heteroatoms. The minimum atomic E-state index is -1.01. The van der Waals surface area contributed by atoms with Gasteiger partial charge in [-0.25, -0.2) is 0 Å². The number of rotatable bonds is 5. The number of hydrogen-bond acceptors (Lipinski definition) is 4. The molecule has 4 nitrogen and oxygen atoms in total. The Morgan fingerprint density at radius 1 is 1.33 bits per heavy atom. The number of benzene rings is 1. The Bertz CT molecular complexity index is 655. The second kappa shape index (κ2) is 7.09. The van der Waals surface area contributed by atoms with E-state index in [-0.39, 0.29) is 0 Å². The van der Waals surface area contributed by atoms with Crippen molar-refractivity contribution in [3.05, 3.63) is 46.6 Å². The molecule has 1 aromatic heterocycles. The van der Waals surface area contributed by atoms with Crippen LogP contribution < -0.4 is 0 Å². The zero-order valence-electron chi connectivity index (χ0n) is 11.5. The van der Waals surface area contributed by atoms with E-state index in [9.17, 15) is 4.79 Å². The molecule has 0 saturated carbocycles. The van der Waals surface area contributed by atoms with Crippen LogP contribution in [0.5, 0.6) is 0 Å². The van der Waals surface area contributed by atoms with Gasteiger partial charge in [0, 0.05) is 16.5 Å². The normalized spacial score (nSPS) is 11.7. The van der Waals surface area contributed by atoms with Crippen LogP contribution in [0, 0.1) is 11.3 Å². The maximum absolute atomic E-state index is 11.5. The van der Waals surface area contributed by atoms with E-state index in [1.165, 1.54) is 0 Å². The number of carbonyl (C=O) groups is 1. The fraction of sp³-hybridized carbons (Fsp3) is 0.250. The van der Waals surface area contributed by atoms with Crippen molar-refractivity contribution >= 4 is 21.9 Å². The quantitative estimate of drug-likeness (QED) is 0.740. The Balaban J connectivity index is 2.16. The first kappa shape index (κ1) is 15.3. The molecule has 108 valence electrons. The molecule has 1 heterocycles. The Labute approximate surface area is 131 Å². The summed E-state index contributed by atoms with van der Waals surface area (Å²) in [5, 5.41) is 9.12. The van der Waals surface area contributed by atoms with E-state index in [2.05, 4.69) is 15.9 Å². The van der Waals surface area contributed by atoms with Crippen molar-refractivity contribution < 1.29 is 13.9 Å². The van der Waals surface area contributed by atoms with Crippen LogP contribution >= 0.6 is 15.9 Å². The summed E-state index contributed by atoms with van der Waals surface area (Å²) in [5.41, 5.74) is 0.890. The molecule has 0 amide bonds. The summed E-state index contributed by atoms with van der Waals surface area (Å²) in [6.07, 6.45) is -0.0363. The van der Waals surface area contributed by atoms with Gasteiger partial charge in [0.05, 0.1) is 0 Å². The van der Waals surface area contributed by atoms with Crippen LogP contribution in [-0.2, 0) is 9.53 Å². The van der Waals surface area contributed by atoms with E-state index in [4.69, 9.17) is 14.4 Å². The largest absolute Gasteiger partial charge is 0.456 e. The van der Waals surface area contributed by atoms with E-state index in [0.29, 0.717) is 24.4 Å². The van der Waals surface area contributed by atoms with Crippen LogP contribution in [0.1, 0.15) is 31.6 Å². The van der Waals surface area contributed by atoms with Gasteiger partial charge in [-0.05, 0) is 30.7 Å². The van der Waals surface area contributed by atoms with Crippen LogP contribution in [0.4, 0.5) is 0 Å². The average molecular weight is 348 g/mol. The summed E-state index contributed by atoms with van der Waals surface area (Å²) in [6.45, 7) is 1.88. The zero-order chi connectivity index (χ0) is 15.2. The Kier molecular flexibility index (Phi) is 5.18. The lowest BCUT2D eigenvalue weighted by Gasteiger charge is -2.07. The van der Waals surface area contributed by atoms with Crippen LogP contribution in [0.15, 0.2) is 45.3 Å². The monoisotopic (exact) mass is 347 g/mol. The van der Waals surface area contributed by atoms with E-state index in [0.717, 1.165) is 10.0 Å². The molecule has 1 atom stereocenters. The molecule has 0 fully saturated rings. The summed E-state index contributed by atoms with van der Waals surface area (Å²) in [7, 11) is 0. The third kappa shape index (κ3) is 3.96. The van der Waals surface area contributed by atoms with Gasteiger partial charge in [-0.2, -0.15) is 5.26 Å². The summed E-state index contributed by atoms with van der Waals surface area (Å²) in [5.74, 6) is 0.565. The number of hydrogen-bond donors (Lipinski definition) is 0. The van der Waals surface area contributed by atoms with Crippen LogP contribution in [0.2, 0.25) is 0 Å².